The first-order valence-electron chi connectivity index (χ1n) is 6.06. The number of rotatable bonds is 5. The minimum absolute atomic E-state index is 0.00855. The highest BCUT2D eigenvalue weighted by Crippen LogP contribution is 2.16. The van der Waals surface area contributed by atoms with Gasteiger partial charge in [0.15, 0.2) is 11.5 Å². The normalized spacial score (nSPS) is 10.3. The molecule has 1 N–H and O–H groups in total. The number of hydrogen-bond acceptors (Lipinski definition) is 4. The van der Waals surface area contributed by atoms with Crippen molar-refractivity contribution in [1.29, 1.82) is 0 Å². The van der Waals surface area contributed by atoms with Crippen LogP contribution in [-0.2, 0) is 13.0 Å². The summed E-state index contributed by atoms with van der Waals surface area (Å²) in [5.74, 6) is -0.222. The van der Waals surface area contributed by atoms with E-state index in [2.05, 4.69) is 16.9 Å². The van der Waals surface area contributed by atoms with Crippen molar-refractivity contribution in [2.45, 2.75) is 20.0 Å². The van der Waals surface area contributed by atoms with E-state index in [1.165, 1.54) is 6.20 Å². The van der Waals surface area contributed by atoms with Gasteiger partial charge in [-0.1, -0.05) is 30.7 Å². The molecule has 2 aromatic rings. The van der Waals surface area contributed by atoms with Crippen LogP contribution >= 0.6 is 11.6 Å². The highest BCUT2D eigenvalue weighted by molar-refractivity contribution is 6.33. The number of halogens is 1. The van der Waals surface area contributed by atoms with Crippen molar-refractivity contribution in [2.75, 3.05) is 0 Å². The van der Waals surface area contributed by atoms with Crippen LogP contribution in [-0.4, -0.2) is 21.0 Å². The quantitative estimate of drug-likeness (QED) is 0.917. The van der Waals surface area contributed by atoms with Crippen LogP contribution in [0.25, 0.3) is 0 Å². The summed E-state index contributed by atoms with van der Waals surface area (Å²) in [6.07, 6.45) is 2.18. The minimum Gasteiger partial charge on any atom is -0.486 e. The van der Waals surface area contributed by atoms with Crippen molar-refractivity contribution < 1.29 is 14.6 Å². The first-order valence-corrected chi connectivity index (χ1v) is 6.44. The summed E-state index contributed by atoms with van der Waals surface area (Å²) in [6.45, 7) is 2.14. The molecule has 0 unspecified atom stereocenters. The molecule has 0 spiro atoms. The van der Waals surface area contributed by atoms with Crippen molar-refractivity contribution in [2.24, 2.45) is 0 Å². The van der Waals surface area contributed by atoms with Crippen LogP contribution in [0.5, 0.6) is 5.75 Å². The molecule has 0 aliphatic carbocycles. The average Bonchev–Trinajstić information content (AvgIpc) is 2.46. The lowest BCUT2D eigenvalue weighted by Crippen LogP contribution is -2.08. The molecule has 0 amide bonds. The van der Waals surface area contributed by atoms with E-state index in [4.69, 9.17) is 21.4 Å². The van der Waals surface area contributed by atoms with Crippen molar-refractivity contribution >= 4 is 17.6 Å². The standard InChI is InChI=1S/C14H13ClN2O3/c1-2-9-4-3-5-10(6-9)20-8-12-16-7-11(15)13(17-12)14(18)19/h3-7H,2,8H2,1H3,(H,18,19). The zero-order chi connectivity index (χ0) is 14.5. The summed E-state index contributed by atoms with van der Waals surface area (Å²) in [5, 5.41) is 8.94. The topological polar surface area (TPSA) is 72.3 Å². The Morgan fingerprint density at radius 3 is 2.95 bits per heavy atom. The number of aryl methyl sites for hydroxylation is 1. The second-order valence-corrected chi connectivity index (χ2v) is 4.48. The van der Waals surface area contributed by atoms with Gasteiger partial charge in [-0.05, 0) is 24.1 Å². The number of aromatic carboxylic acids is 1. The maximum absolute atomic E-state index is 10.9. The van der Waals surface area contributed by atoms with Gasteiger partial charge in [-0.25, -0.2) is 14.8 Å². The van der Waals surface area contributed by atoms with Gasteiger partial charge in [-0.15, -0.1) is 0 Å². The predicted molar refractivity (Wildman–Crippen MR) is 74.2 cm³/mol. The molecule has 1 aromatic heterocycles. The summed E-state index contributed by atoms with van der Waals surface area (Å²) in [5.41, 5.74) is 0.938. The number of nitrogens with zero attached hydrogens (tertiary/aromatic N) is 2. The third-order valence-corrected chi connectivity index (χ3v) is 2.95. The van der Waals surface area contributed by atoms with Crippen LogP contribution in [0.4, 0.5) is 0 Å². The van der Waals surface area contributed by atoms with E-state index in [0.29, 0.717) is 5.75 Å². The number of hydrogen-bond donors (Lipinski definition) is 1. The summed E-state index contributed by atoms with van der Waals surface area (Å²) in [6, 6.07) is 7.66. The number of benzene rings is 1. The molecule has 0 fully saturated rings. The van der Waals surface area contributed by atoms with Crippen molar-refractivity contribution in [1.82, 2.24) is 9.97 Å². The maximum Gasteiger partial charge on any atom is 0.356 e. The van der Waals surface area contributed by atoms with E-state index in [1.807, 2.05) is 24.3 Å². The molecular weight excluding hydrogens is 280 g/mol. The lowest BCUT2D eigenvalue weighted by molar-refractivity contribution is 0.0689. The Morgan fingerprint density at radius 2 is 2.25 bits per heavy atom. The van der Waals surface area contributed by atoms with Crippen molar-refractivity contribution in [3.8, 4) is 5.75 Å². The fourth-order valence-corrected chi connectivity index (χ4v) is 1.80. The molecule has 6 heteroatoms. The largest absolute Gasteiger partial charge is 0.486 e. The van der Waals surface area contributed by atoms with Gasteiger partial charge < -0.3 is 9.84 Å². The van der Waals surface area contributed by atoms with E-state index in [0.717, 1.165) is 12.0 Å². The number of carboxylic acids is 1. The van der Waals surface area contributed by atoms with Gasteiger partial charge in [0, 0.05) is 0 Å². The molecule has 5 nitrogen and oxygen atoms in total. The number of aromatic nitrogens is 2. The fraction of sp³-hybridized carbons (Fsp3) is 0.214. The second kappa shape index (κ2) is 6.34. The fourth-order valence-electron chi connectivity index (χ4n) is 1.63. The van der Waals surface area contributed by atoms with E-state index >= 15 is 0 Å². The smallest absolute Gasteiger partial charge is 0.356 e. The zero-order valence-corrected chi connectivity index (χ0v) is 11.6. The summed E-state index contributed by atoms with van der Waals surface area (Å²) < 4.78 is 5.55. The number of ether oxygens (including phenoxy) is 1. The Balaban J connectivity index is 2.10. The summed E-state index contributed by atoms with van der Waals surface area (Å²) in [4.78, 5) is 18.7. The van der Waals surface area contributed by atoms with Crippen LogP contribution < -0.4 is 4.74 Å². The highest BCUT2D eigenvalue weighted by atomic mass is 35.5. The Labute approximate surface area is 121 Å². The zero-order valence-electron chi connectivity index (χ0n) is 10.8. The predicted octanol–water partition coefficient (Wildman–Crippen LogP) is 2.97. The second-order valence-electron chi connectivity index (χ2n) is 4.08. The molecule has 104 valence electrons. The Kier molecular flexibility index (Phi) is 4.53. The maximum atomic E-state index is 10.9. The number of carboxylic acid groups (broad SMARTS) is 1. The third kappa shape index (κ3) is 3.45. The summed E-state index contributed by atoms with van der Waals surface area (Å²) in [7, 11) is 0. The SMILES string of the molecule is CCc1cccc(OCc2ncc(Cl)c(C(=O)O)n2)c1. The molecule has 0 aliphatic rings. The molecule has 0 saturated carbocycles. The molecular formula is C14H13ClN2O3. The molecule has 0 atom stereocenters. The molecule has 20 heavy (non-hydrogen) atoms. The van der Waals surface area contributed by atoms with Gasteiger partial charge in [-0.2, -0.15) is 0 Å². The average molecular weight is 293 g/mol. The Hall–Kier alpha value is -2.14. The van der Waals surface area contributed by atoms with Gasteiger partial charge in [0.05, 0.1) is 11.2 Å². The van der Waals surface area contributed by atoms with Crippen molar-refractivity contribution in [3.05, 3.63) is 52.6 Å². The molecule has 0 radical (unpaired) electrons. The van der Waals surface area contributed by atoms with Crippen LogP contribution in [0, 0.1) is 0 Å². The van der Waals surface area contributed by atoms with Crippen LogP contribution in [0.1, 0.15) is 28.8 Å². The van der Waals surface area contributed by atoms with E-state index in [1.54, 1.807) is 0 Å². The van der Waals surface area contributed by atoms with Crippen LogP contribution in [0.15, 0.2) is 30.5 Å². The van der Waals surface area contributed by atoms with Gasteiger partial charge >= 0.3 is 5.97 Å². The van der Waals surface area contributed by atoms with Crippen molar-refractivity contribution in [3.63, 3.8) is 0 Å². The van der Waals surface area contributed by atoms with E-state index in [9.17, 15) is 4.79 Å². The molecule has 1 aromatic carbocycles. The molecule has 0 saturated heterocycles. The van der Waals surface area contributed by atoms with Gasteiger partial charge in [-0.3, -0.25) is 0 Å². The third-order valence-electron chi connectivity index (χ3n) is 2.67. The first kappa shape index (κ1) is 14.3. The number of carbonyl (C=O) groups is 1. The lowest BCUT2D eigenvalue weighted by Gasteiger charge is -2.07. The van der Waals surface area contributed by atoms with Gasteiger partial charge in [0.2, 0.25) is 0 Å². The lowest BCUT2D eigenvalue weighted by atomic mass is 10.2. The van der Waals surface area contributed by atoms with E-state index < -0.39 is 5.97 Å². The minimum atomic E-state index is -1.19. The monoisotopic (exact) mass is 292 g/mol. The molecule has 2 rings (SSSR count). The first-order chi connectivity index (χ1) is 9.60. The highest BCUT2D eigenvalue weighted by Gasteiger charge is 2.12. The Morgan fingerprint density at radius 1 is 1.45 bits per heavy atom. The molecule has 0 bridgehead atoms. The van der Waals surface area contributed by atoms with E-state index in [-0.39, 0.29) is 23.1 Å². The van der Waals surface area contributed by atoms with Crippen LogP contribution in [0.3, 0.4) is 0 Å². The molecule has 1 heterocycles. The van der Waals surface area contributed by atoms with Gasteiger partial charge in [0.1, 0.15) is 12.4 Å². The molecule has 0 aliphatic heterocycles. The summed E-state index contributed by atoms with van der Waals surface area (Å²) >= 11 is 5.70. The van der Waals surface area contributed by atoms with Crippen LogP contribution in [0.2, 0.25) is 5.02 Å². The van der Waals surface area contributed by atoms with Gasteiger partial charge in [0.25, 0.3) is 0 Å². The Bertz CT molecular complexity index is 632.